The summed E-state index contributed by atoms with van der Waals surface area (Å²) in [5, 5.41) is 9.17. The number of ether oxygens (including phenoxy) is 1. The van der Waals surface area contributed by atoms with Gasteiger partial charge in [-0.15, -0.1) is 0 Å². The first-order valence-corrected chi connectivity index (χ1v) is 8.47. The van der Waals surface area contributed by atoms with E-state index in [-0.39, 0.29) is 24.7 Å². The van der Waals surface area contributed by atoms with E-state index in [2.05, 4.69) is 4.72 Å². The Morgan fingerprint density at radius 2 is 2.21 bits per heavy atom. The van der Waals surface area contributed by atoms with Gasteiger partial charge in [0.25, 0.3) is 10.2 Å². The summed E-state index contributed by atoms with van der Waals surface area (Å²) in [5.41, 5.74) is 0. The van der Waals surface area contributed by atoms with E-state index in [1.807, 2.05) is 6.92 Å². The summed E-state index contributed by atoms with van der Waals surface area (Å²) in [6, 6.07) is -0.206. The first kappa shape index (κ1) is 15.2. The van der Waals surface area contributed by atoms with E-state index >= 15 is 0 Å². The number of nitrogens with one attached hydrogen (secondary N) is 1. The Balaban J connectivity index is 1.93. The van der Waals surface area contributed by atoms with Crippen LogP contribution in [0.1, 0.15) is 32.6 Å². The van der Waals surface area contributed by atoms with Gasteiger partial charge in [-0.1, -0.05) is 0 Å². The fourth-order valence-corrected chi connectivity index (χ4v) is 4.32. The molecule has 0 aliphatic carbocycles. The lowest BCUT2D eigenvalue weighted by molar-refractivity contribution is 0.0891. The van der Waals surface area contributed by atoms with Crippen LogP contribution in [0.4, 0.5) is 0 Å². The Labute approximate surface area is 115 Å². The number of aliphatic hydroxyl groups is 1. The standard InChI is InChI=1S/C12H24N2O4S/c1-10(12-5-3-7-18-12)13-19(16,17)14-6-2-4-11(8-14)9-15/h10-13,15H,2-9H2,1H3. The second-order valence-corrected chi connectivity index (χ2v) is 7.21. The fraction of sp³-hybridized carbons (Fsp3) is 1.00. The van der Waals surface area contributed by atoms with Crippen LogP contribution in [0.2, 0.25) is 0 Å². The van der Waals surface area contributed by atoms with Gasteiger partial charge in [0, 0.05) is 32.3 Å². The molecule has 0 spiro atoms. The number of aliphatic hydroxyl groups excluding tert-OH is 1. The first-order valence-electron chi connectivity index (χ1n) is 7.03. The second-order valence-electron chi connectivity index (χ2n) is 5.51. The summed E-state index contributed by atoms with van der Waals surface area (Å²) in [7, 11) is -3.47. The molecule has 2 aliphatic heterocycles. The zero-order chi connectivity index (χ0) is 13.9. The molecule has 0 bridgehead atoms. The molecule has 0 aromatic heterocycles. The van der Waals surface area contributed by atoms with Gasteiger partial charge in [-0.05, 0) is 38.5 Å². The predicted octanol–water partition coefficient (Wildman–Crippen LogP) is 0.0926. The van der Waals surface area contributed by atoms with Crippen molar-refractivity contribution in [3.63, 3.8) is 0 Å². The normalized spacial score (nSPS) is 31.5. The maximum Gasteiger partial charge on any atom is 0.279 e. The molecular formula is C12H24N2O4S. The van der Waals surface area contributed by atoms with E-state index in [1.165, 1.54) is 4.31 Å². The van der Waals surface area contributed by atoms with Crippen molar-refractivity contribution in [1.82, 2.24) is 9.03 Å². The van der Waals surface area contributed by atoms with E-state index in [0.717, 1.165) is 25.7 Å². The van der Waals surface area contributed by atoms with Gasteiger partial charge in [-0.25, -0.2) is 0 Å². The minimum absolute atomic E-state index is 0.0202. The van der Waals surface area contributed by atoms with Gasteiger partial charge in [0.2, 0.25) is 0 Å². The minimum atomic E-state index is -3.47. The van der Waals surface area contributed by atoms with Crippen LogP contribution in [0.3, 0.4) is 0 Å². The van der Waals surface area contributed by atoms with Crippen LogP contribution in [-0.4, -0.2) is 56.3 Å². The molecule has 2 aliphatic rings. The van der Waals surface area contributed by atoms with Crippen molar-refractivity contribution < 1.29 is 18.3 Å². The van der Waals surface area contributed by atoms with Gasteiger partial charge < -0.3 is 9.84 Å². The number of rotatable bonds is 5. The van der Waals surface area contributed by atoms with E-state index in [4.69, 9.17) is 9.84 Å². The van der Waals surface area contributed by atoms with Crippen molar-refractivity contribution in [1.29, 1.82) is 0 Å². The molecule has 0 radical (unpaired) electrons. The Bertz CT molecular complexity index is 381. The number of hydrogen-bond acceptors (Lipinski definition) is 4. The number of hydrogen-bond donors (Lipinski definition) is 2. The largest absolute Gasteiger partial charge is 0.396 e. The van der Waals surface area contributed by atoms with Crippen LogP contribution >= 0.6 is 0 Å². The lowest BCUT2D eigenvalue weighted by Crippen LogP contribution is -2.51. The van der Waals surface area contributed by atoms with E-state index < -0.39 is 10.2 Å². The topological polar surface area (TPSA) is 78.9 Å². The summed E-state index contributed by atoms with van der Waals surface area (Å²) in [6.07, 6.45) is 3.58. The molecule has 7 heteroatoms. The highest BCUT2D eigenvalue weighted by atomic mass is 32.2. The highest BCUT2D eigenvalue weighted by molar-refractivity contribution is 7.87. The van der Waals surface area contributed by atoms with Crippen LogP contribution in [0, 0.1) is 5.92 Å². The van der Waals surface area contributed by atoms with Crippen LogP contribution in [0.15, 0.2) is 0 Å². The maximum atomic E-state index is 12.3. The lowest BCUT2D eigenvalue weighted by atomic mass is 10.0. The molecule has 19 heavy (non-hydrogen) atoms. The van der Waals surface area contributed by atoms with E-state index in [1.54, 1.807) is 0 Å². The Morgan fingerprint density at radius 3 is 2.84 bits per heavy atom. The number of piperidine rings is 1. The van der Waals surface area contributed by atoms with Crippen molar-refractivity contribution in [3.05, 3.63) is 0 Å². The third kappa shape index (κ3) is 3.88. The molecule has 3 unspecified atom stereocenters. The van der Waals surface area contributed by atoms with Crippen molar-refractivity contribution in [2.75, 3.05) is 26.3 Å². The maximum absolute atomic E-state index is 12.3. The summed E-state index contributed by atoms with van der Waals surface area (Å²) < 4.78 is 34.2. The molecule has 6 nitrogen and oxygen atoms in total. The third-order valence-corrected chi connectivity index (χ3v) is 5.62. The van der Waals surface area contributed by atoms with Crippen molar-refractivity contribution in [2.45, 2.75) is 44.8 Å². The number of nitrogens with zero attached hydrogens (tertiary/aromatic N) is 1. The highest BCUT2D eigenvalue weighted by Crippen LogP contribution is 2.20. The van der Waals surface area contributed by atoms with Crippen LogP contribution in [0.5, 0.6) is 0 Å². The van der Waals surface area contributed by atoms with Gasteiger partial charge in [0.05, 0.1) is 6.10 Å². The zero-order valence-corrected chi connectivity index (χ0v) is 12.2. The van der Waals surface area contributed by atoms with Crippen molar-refractivity contribution in [3.8, 4) is 0 Å². The average Bonchev–Trinajstić information content (AvgIpc) is 2.92. The van der Waals surface area contributed by atoms with E-state index in [9.17, 15) is 8.42 Å². The molecule has 2 rings (SSSR count). The van der Waals surface area contributed by atoms with Gasteiger partial charge >= 0.3 is 0 Å². The van der Waals surface area contributed by atoms with Crippen LogP contribution in [-0.2, 0) is 14.9 Å². The van der Waals surface area contributed by atoms with E-state index in [0.29, 0.717) is 19.7 Å². The van der Waals surface area contributed by atoms with Crippen LogP contribution < -0.4 is 4.72 Å². The summed E-state index contributed by atoms with van der Waals surface area (Å²) in [4.78, 5) is 0. The van der Waals surface area contributed by atoms with Gasteiger partial charge in [-0.2, -0.15) is 17.4 Å². The monoisotopic (exact) mass is 292 g/mol. The van der Waals surface area contributed by atoms with Crippen molar-refractivity contribution >= 4 is 10.2 Å². The summed E-state index contributed by atoms with van der Waals surface area (Å²) >= 11 is 0. The fourth-order valence-electron chi connectivity index (χ4n) is 2.78. The van der Waals surface area contributed by atoms with Crippen molar-refractivity contribution in [2.24, 2.45) is 5.92 Å². The molecular weight excluding hydrogens is 268 g/mol. The molecule has 0 aromatic carbocycles. The molecule has 0 amide bonds. The average molecular weight is 292 g/mol. The molecule has 0 saturated carbocycles. The molecule has 0 aromatic rings. The quantitative estimate of drug-likeness (QED) is 0.753. The Morgan fingerprint density at radius 1 is 1.42 bits per heavy atom. The van der Waals surface area contributed by atoms with Gasteiger partial charge in [0.15, 0.2) is 0 Å². The summed E-state index contributed by atoms with van der Waals surface area (Å²) in [5.74, 6) is 0.0587. The first-order chi connectivity index (χ1) is 9.03. The highest BCUT2D eigenvalue weighted by Gasteiger charge is 2.32. The molecule has 2 N–H and O–H groups in total. The molecule has 2 saturated heterocycles. The Kier molecular flexibility index (Phi) is 5.19. The molecule has 3 atom stereocenters. The molecule has 2 heterocycles. The predicted molar refractivity (Wildman–Crippen MR) is 71.9 cm³/mol. The molecule has 112 valence electrons. The second kappa shape index (κ2) is 6.49. The van der Waals surface area contributed by atoms with Crippen LogP contribution in [0.25, 0.3) is 0 Å². The smallest absolute Gasteiger partial charge is 0.279 e. The zero-order valence-electron chi connectivity index (χ0n) is 11.4. The SMILES string of the molecule is CC(NS(=O)(=O)N1CCCC(CO)C1)C1CCCO1. The minimum Gasteiger partial charge on any atom is -0.396 e. The Hall–Kier alpha value is -0.210. The van der Waals surface area contributed by atoms with Gasteiger partial charge in [0.1, 0.15) is 0 Å². The molecule has 2 fully saturated rings. The third-order valence-electron chi connectivity index (χ3n) is 3.94. The lowest BCUT2D eigenvalue weighted by Gasteiger charge is -2.32. The van der Waals surface area contributed by atoms with Gasteiger partial charge in [-0.3, -0.25) is 0 Å². The summed E-state index contributed by atoms with van der Waals surface area (Å²) in [6.45, 7) is 3.55.